The predicted molar refractivity (Wildman–Crippen MR) is 55.9 cm³/mol. The molecule has 15 heavy (non-hydrogen) atoms. The summed E-state index contributed by atoms with van der Waals surface area (Å²) in [5, 5.41) is 2.37. The van der Waals surface area contributed by atoms with E-state index in [2.05, 4.69) is 15.0 Å². The number of carbonyl (C=O) groups excluding carboxylic acids is 1. The monoisotopic (exact) mass is 270 g/mol. The van der Waals surface area contributed by atoms with Crippen LogP contribution >= 0.6 is 22.0 Å². The van der Waals surface area contributed by atoms with Crippen LogP contribution in [0.5, 0.6) is 0 Å². The second kappa shape index (κ2) is 4.33. The molecule has 0 aliphatic rings. The number of nitrogens with zero attached hydrogens (tertiary/aromatic N) is 1. The van der Waals surface area contributed by atoms with Gasteiger partial charge in [0.2, 0.25) is 0 Å². The van der Waals surface area contributed by atoms with Gasteiger partial charge in [0.25, 0.3) is 9.05 Å². The van der Waals surface area contributed by atoms with Gasteiger partial charge in [-0.2, -0.15) is 0 Å². The number of thiazole rings is 1. The third kappa shape index (κ3) is 3.05. The quantitative estimate of drug-likeness (QED) is 0.824. The lowest BCUT2D eigenvalue weighted by atomic mass is 10.6. The van der Waals surface area contributed by atoms with Crippen molar-refractivity contribution >= 4 is 42.3 Å². The first-order chi connectivity index (χ1) is 6.84. The molecule has 0 spiro atoms. The van der Waals surface area contributed by atoms with E-state index in [1.165, 1.54) is 14.0 Å². The maximum absolute atomic E-state index is 11.0. The van der Waals surface area contributed by atoms with E-state index in [0.717, 1.165) is 11.3 Å². The fourth-order valence-electron chi connectivity index (χ4n) is 0.800. The van der Waals surface area contributed by atoms with Crippen molar-refractivity contribution in [2.45, 2.75) is 11.1 Å². The van der Waals surface area contributed by atoms with Crippen LogP contribution in [-0.2, 0) is 13.8 Å². The van der Waals surface area contributed by atoms with Gasteiger partial charge >= 0.3 is 6.09 Å². The highest BCUT2D eigenvalue weighted by Gasteiger charge is 2.20. The van der Waals surface area contributed by atoms with E-state index in [0.29, 0.717) is 0 Å². The minimum absolute atomic E-state index is 0.0874. The average molecular weight is 271 g/mol. The molecular formula is C6H7ClN2O4S2. The zero-order valence-electron chi connectivity index (χ0n) is 7.77. The Kier molecular flexibility index (Phi) is 3.53. The molecular weight excluding hydrogens is 264 g/mol. The van der Waals surface area contributed by atoms with Gasteiger partial charge in [-0.1, -0.05) is 11.3 Å². The Labute approximate surface area is 94.6 Å². The molecule has 0 saturated heterocycles. The van der Waals surface area contributed by atoms with Crippen LogP contribution in [0, 0.1) is 6.92 Å². The van der Waals surface area contributed by atoms with Crippen LogP contribution in [-0.4, -0.2) is 26.6 Å². The minimum Gasteiger partial charge on any atom is -0.453 e. The normalized spacial score (nSPS) is 11.1. The van der Waals surface area contributed by atoms with E-state index in [9.17, 15) is 13.2 Å². The number of aryl methyl sites for hydroxylation is 1. The summed E-state index contributed by atoms with van der Waals surface area (Å²) in [7, 11) is 2.52. The second-order valence-corrected chi connectivity index (χ2v) is 6.21. The maximum atomic E-state index is 11.0. The number of halogens is 1. The largest absolute Gasteiger partial charge is 0.453 e. The summed E-state index contributed by atoms with van der Waals surface area (Å²) in [5.41, 5.74) is 0.237. The Balaban J connectivity index is 3.02. The number of hydrogen-bond donors (Lipinski definition) is 1. The Bertz CT molecular complexity index is 481. The highest BCUT2D eigenvalue weighted by molar-refractivity contribution is 8.15. The summed E-state index contributed by atoms with van der Waals surface area (Å²) in [6.45, 7) is 1.48. The van der Waals surface area contributed by atoms with Crippen LogP contribution < -0.4 is 5.32 Å². The molecule has 0 radical (unpaired) electrons. The van der Waals surface area contributed by atoms with Crippen LogP contribution in [0.25, 0.3) is 0 Å². The number of ether oxygens (including phenoxy) is 1. The van der Waals surface area contributed by atoms with E-state index < -0.39 is 15.1 Å². The molecule has 1 aromatic heterocycles. The number of aromatic nitrogens is 1. The highest BCUT2D eigenvalue weighted by atomic mass is 35.7. The van der Waals surface area contributed by atoms with Crippen LogP contribution in [0.3, 0.4) is 0 Å². The molecule has 84 valence electrons. The van der Waals surface area contributed by atoms with E-state index in [-0.39, 0.29) is 15.0 Å². The molecule has 1 aromatic rings. The smallest absolute Gasteiger partial charge is 0.413 e. The van der Waals surface area contributed by atoms with Crippen LogP contribution in [0.1, 0.15) is 5.69 Å². The first-order valence-corrected chi connectivity index (χ1v) is 6.74. The maximum Gasteiger partial charge on any atom is 0.413 e. The summed E-state index contributed by atoms with van der Waals surface area (Å²) < 4.78 is 26.3. The van der Waals surface area contributed by atoms with E-state index in [1.54, 1.807) is 0 Å². The minimum atomic E-state index is -3.82. The molecule has 1 amide bonds. The fraction of sp³-hybridized carbons (Fsp3) is 0.333. The fourth-order valence-corrected chi connectivity index (χ4v) is 3.14. The molecule has 9 heteroatoms. The van der Waals surface area contributed by atoms with Gasteiger partial charge in [0.1, 0.15) is 0 Å². The molecule has 0 aromatic carbocycles. The van der Waals surface area contributed by atoms with Crippen molar-refractivity contribution in [3.63, 3.8) is 0 Å². The van der Waals surface area contributed by atoms with Crippen molar-refractivity contribution in [3.05, 3.63) is 5.69 Å². The summed E-state index contributed by atoms with van der Waals surface area (Å²) in [5.74, 6) is 0. The lowest BCUT2D eigenvalue weighted by Crippen LogP contribution is -2.10. The third-order valence-corrected chi connectivity index (χ3v) is 4.62. The lowest BCUT2D eigenvalue weighted by molar-refractivity contribution is 0.187. The molecule has 0 aliphatic carbocycles. The van der Waals surface area contributed by atoms with Gasteiger partial charge in [0.15, 0.2) is 9.34 Å². The SMILES string of the molecule is COC(=O)Nc1nc(C)c(S(=O)(=O)Cl)s1. The van der Waals surface area contributed by atoms with E-state index >= 15 is 0 Å². The van der Waals surface area contributed by atoms with Gasteiger partial charge in [-0.15, -0.1) is 0 Å². The number of amides is 1. The van der Waals surface area contributed by atoms with Gasteiger partial charge in [0.05, 0.1) is 12.8 Å². The molecule has 1 heterocycles. The first kappa shape index (κ1) is 12.2. The number of anilines is 1. The van der Waals surface area contributed by atoms with Crippen molar-refractivity contribution in [3.8, 4) is 0 Å². The van der Waals surface area contributed by atoms with E-state index in [1.807, 2.05) is 0 Å². The zero-order valence-corrected chi connectivity index (χ0v) is 10.2. The molecule has 1 rings (SSSR count). The predicted octanol–water partition coefficient (Wildman–Crippen LogP) is 1.56. The summed E-state index contributed by atoms with van der Waals surface area (Å²) in [6.07, 6.45) is -0.720. The van der Waals surface area contributed by atoms with Crippen LogP contribution in [0.15, 0.2) is 4.21 Å². The molecule has 6 nitrogen and oxygen atoms in total. The van der Waals surface area contributed by atoms with Crippen molar-refractivity contribution in [1.82, 2.24) is 4.98 Å². The highest BCUT2D eigenvalue weighted by Crippen LogP contribution is 2.29. The first-order valence-electron chi connectivity index (χ1n) is 3.61. The van der Waals surface area contributed by atoms with Crippen LogP contribution in [0.4, 0.5) is 9.93 Å². The number of carbonyl (C=O) groups is 1. The number of rotatable bonds is 2. The summed E-state index contributed by atoms with van der Waals surface area (Å²) in [6, 6.07) is 0. The second-order valence-electron chi connectivity index (χ2n) is 2.45. The van der Waals surface area contributed by atoms with Crippen molar-refractivity contribution in [2.24, 2.45) is 0 Å². The van der Waals surface area contributed by atoms with Crippen molar-refractivity contribution in [2.75, 3.05) is 12.4 Å². The summed E-state index contributed by atoms with van der Waals surface area (Å²) in [4.78, 5) is 14.6. The average Bonchev–Trinajstić information content (AvgIpc) is 2.45. The topological polar surface area (TPSA) is 85.4 Å². The standard InChI is InChI=1S/C6H7ClN2O4S2/c1-3-4(15(7,11)12)14-5(8-3)9-6(10)13-2/h1-2H3,(H,8,9,10). The Morgan fingerprint density at radius 3 is 2.60 bits per heavy atom. The van der Waals surface area contributed by atoms with Crippen molar-refractivity contribution < 1.29 is 17.9 Å². The zero-order chi connectivity index (χ0) is 11.6. The van der Waals surface area contributed by atoms with Gasteiger partial charge in [0, 0.05) is 10.7 Å². The number of methoxy groups -OCH3 is 1. The van der Waals surface area contributed by atoms with Gasteiger partial charge < -0.3 is 4.74 Å². The molecule has 0 bridgehead atoms. The van der Waals surface area contributed by atoms with Crippen molar-refractivity contribution in [1.29, 1.82) is 0 Å². The molecule has 0 fully saturated rings. The molecule has 0 atom stereocenters. The Morgan fingerprint density at radius 1 is 1.60 bits per heavy atom. The van der Waals surface area contributed by atoms with Gasteiger partial charge in [-0.3, -0.25) is 5.32 Å². The third-order valence-electron chi connectivity index (χ3n) is 1.37. The van der Waals surface area contributed by atoms with Gasteiger partial charge in [-0.25, -0.2) is 18.2 Å². The Hall–Kier alpha value is -0.860. The molecule has 0 saturated carbocycles. The Morgan fingerprint density at radius 2 is 2.20 bits per heavy atom. The van der Waals surface area contributed by atoms with Gasteiger partial charge in [-0.05, 0) is 6.92 Å². The summed E-state index contributed by atoms with van der Waals surface area (Å²) >= 11 is 0.767. The van der Waals surface area contributed by atoms with E-state index in [4.69, 9.17) is 10.7 Å². The molecule has 0 unspecified atom stereocenters. The lowest BCUT2D eigenvalue weighted by Gasteiger charge is -1.96. The molecule has 0 aliphatic heterocycles. The number of hydrogen-bond acceptors (Lipinski definition) is 6. The van der Waals surface area contributed by atoms with Crippen LogP contribution in [0.2, 0.25) is 0 Å². The molecule has 1 N–H and O–H groups in total. The number of nitrogens with one attached hydrogen (secondary N) is 1.